The van der Waals surface area contributed by atoms with E-state index in [-0.39, 0.29) is 63.4 Å². The van der Waals surface area contributed by atoms with Crippen LogP contribution in [0.4, 0.5) is 0 Å². The largest absolute Gasteiger partial charge is 1.00 e. The molecule has 0 saturated carbocycles. The maximum absolute atomic E-state index is 13.8. The van der Waals surface area contributed by atoms with Crippen LogP contribution in [0.3, 0.4) is 0 Å². The van der Waals surface area contributed by atoms with Gasteiger partial charge in [-0.05, 0) is 44.2 Å². The van der Waals surface area contributed by atoms with E-state index in [1.54, 1.807) is 25.3 Å². The molecule has 1 N–H and O–H groups in total. The normalized spacial score (nSPS) is 12.1. The van der Waals surface area contributed by atoms with Gasteiger partial charge in [-0.15, -0.1) is 0 Å². The minimum absolute atomic E-state index is 0. The van der Waals surface area contributed by atoms with Crippen LogP contribution in [0.2, 0.25) is 0 Å². The average molecular weight is 554 g/mol. The van der Waals surface area contributed by atoms with E-state index in [1.165, 1.54) is 38.5 Å². The summed E-state index contributed by atoms with van der Waals surface area (Å²) >= 11 is 0. The minimum Gasteiger partial charge on any atom is -1.00 e. The van der Waals surface area contributed by atoms with Crippen molar-refractivity contribution in [2.24, 2.45) is 0 Å². The van der Waals surface area contributed by atoms with E-state index in [0.29, 0.717) is 22.8 Å². The Morgan fingerprint density at radius 2 is 1.86 bits per heavy atom. The van der Waals surface area contributed by atoms with Gasteiger partial charge in [0, 0.05) is 23.4 Å². The molecular formula is C24H24N3NaO7S2. The first-order valence-corrected chi connectivity index (χ1v) is 13.4. The monoisotopic (exact) mass is 553 g/mol. The molecule has 0 aliphatic heterocycles. The molecule has 10 nitrogen and oxygen atoms in total. The molecule has 0 amide bonds. The molecule has 0 bridgehead atoms. The Hall–Kier alpha value is -2.77. The summed E-state index contributed by atoms with van der Waals surface area (Å²) in [4.78, 5) is 19.9. The third kappa shape index (κ3) is 5.43. The molecule has 4 rings (SSSR count). The van der Waals surface area contributed by atoms with Crippen LogP contribution in [0, 0.1) is 13.8 Å². The van der Waals surface area contributed by atoms with Crippen LogP contribution >= 0.6 is 0 Å². The number of carbonyl (C=O) groups is 1. The molecule has 0 radical (unpaired) electrons. The first-order chi connectivity index (χ1) is 17.1. The number of benzene rings is 2. The van der Waals surface area contributed by atoms with E-state index in [9.17, 15) is 22.5 Å². The molecule has 2 aromatic heterocycles. The Labute approximate surface area is 239 Å². The number of aromatic nitrogens is 3. The van der Waals surface area contributed by atoms with Gasteiger partial charge in [-0.3, -0.25) is 9.19 Å². The number of hydrogen-bond donors (Lipinski definition) is 1. The van der Waals surface area contributed by atoms with Crippen LogP contribution < -0.4 is 39.0 Å². The number of rotatable bonds is 8. The van der Waals surface area contributed by atoms with Crippen LogP contribution in [-0.2, 0) is 26.6 Å². The van der Waals surface area contributed by atoms with Crippen LogP contribution in [0.5, 0.6) is 11.5 Å². The summed E-state index contributed by atoms with van der Waals surface area (Å²) < 4.78 is 52.7. The van der Waals surface area contributed by atoms with Crippen molar-refractivity contribution in [2.75, 3.05) is 14.2 Å². The number of aromatic carboxylic acids is 1. The van der Waals surface area contributed by atoms with Gasteiger partial charge in [0.25, 0.3) is 10.0 Å². The second-order valence-electron chi connectivity index (χ2n) is 7.89. The SMILES string of the molecule is COc1ccc2nc(S(=O)Cc3ncc(C)c(OC)c3C)n(S(=O)(=O)c3cccc(C(=O)O)c3)c2c1.[H-].[Na+]. The molecule has 0 saturated heterocycles. The second kappa shape index (κ2) is 11.3. The van der Waals surface area contributed by atoms with Gasteiger partial charge in [0.15, 0.2) is 0 Å². The van der Waals surface area contributed by atoms with Crippen molar-refractivity contribution in [2.45, 2.75) is 29.7 Å². The van der Waals surface area contributed by atoms with Crippen molar-refractivity contribution < 1.29 is 63.0 Å². The Morgan fingerprint density at radius 3 is 2.51 bits per heavy atom. The summed E-state index contributed by atoms with van der Waals surface area (Å²) in [5.74, 6) is -0.416. The predicted molar refractivity (Wildman–Crippen MR) is 134 cm³/mol. The van der Waals surface area contributed by atoms with Gasteiger partial charge < -0.3 is 16.0 Å². The standard InChI is InChI=1S/C24H23N3O7S2.Na.H/c1-14-12-25-20(15(2)22(14)34-4)13-35(30)24-26-19-9-8-17(33-3)11-21(19)27(24)36(31,32)18-7-5-6-16(10-18)23(28)29;;/h5-12H,13H2,1-4H3,(H,28,29);;/q;+1;-1. The summed E-state index contributed by atoms with van der Waals surface area (Å²) in [5.41, 5.74) is 2.19. The summed E-state index contributed by atoms with van der Waals surface area (Å²) in [6.45, 7) is 3.62. The molecule has 2 heterocycles. The number of pyridine rings is 1. The fraction of sp³-hybridized carbons (Fsp3) is 0.208. The van der Waals surface area contributed by atoms with E-state index < -0.39 is 26.8 Å². The average Bonchev–Trinajstić information content (AvgIpc) is 3.26. The van der Waals surface area contributed by atoms with E-state index in [2.05, 4.69) is 9.97 Å². The number of imidazole rings is 1. The zero-order valence-electron chi connectivity index (χ0n) is 21.9. The summed E-state index contributed by atoms with van der Waals surface area (Å²) in [5, 5.41) is 9.12. The summed E-state index contributed by atoms with van der Waals surface area (Å²) in [6, 6.07) is 9.59. The van der Waals surface area contributed by atoms with E-state index in [0.717, 1.165) is 15.6 Å². The fourth-order valence-corrected chi connectivity index (χ4v) is 6.90. The van der Waals surface area contributed by atoms with E-state index >= 15 is 0 Å². The van der Waals surface area contributed by atoms with Crippen LogP contribution in [0.15, 0.2) is 58.7 Å². The van der Waals surface area contributed by atoms with Gasteiger partial charge in [-0.2, -0.15) is 0 Å². The number of ether oxygens (including phenoxy) is 2. The molecule has 2 aromatic carbocycles. The summed E-state index contributed by atoms with van der Waals surface area (Å²) in [7, 11) is -3.39. The van der Waals surface area contributed by atoms with Crippen LogP contribution in [-0.4, -0.2) is 51.9 Å². The van der Waals surface area contributed by atoms with Crippen molar-refractivity contribution in [3.8, 4) is 11.5 Å². The Bertz CT molecular complexity index is 1640. The molecule has 0 spiro atoms. The number of carboxylic acids is 1. The van der Waals surface area contributed by atoms with Gasteiger partial charge >= 0.3 is 35.5 Å². The third-order valence-corrected chi connectivity index (χ3v) is 8.66. The van der Waals surface area contributed by atoms with Gasteiger partial charge in [0.2, 0.25) is 5.16 Å². The van der Waals surface area contributed by atoms with E-state index in [1.807, 2.05) is 6.92 Å². The first kappa shape index (κ1) is 28.8. The number of fused-ring (bicyclic) bond motifs is 1. The maximum Gasteiger partial charge on any atom is 1.00 e. The zero-order valence-corrected chi connectivity index (χ0v) is 24.5. The molecule has 0 aliphatic rings. The number of aryl methyl sites for hydroxylation is 1. The molecule has 13 heteroatoms. The quantitative estimate of drug-likeness (QED) is 0.308. The molecule has 37 heavy (non-hydrogen) atoms. The number of nitrogens with zero attached hydrogens (tertiary/aromatic N) is 3. The smallest absolute Gasteiger partial charge is 1.00 e. The zero-order chi connectivity index (χ0) is 26.2. The Kier molecular flexibility index (Phi) is 8.81. The van der Waals surface area contributed by atoms with Gasteiger partial charge in [-0.1, -0.05) is 6.07 Å². The number of carboxylic acid groups (broad SMARTS) is 1. The van der Waals surface area contributed by atoms with Crippen LogP contribution in [0.25, 0.3) is 11.0 Å². The molecule has 1 unspecified atom stereocenters. The molecule has 190 valence electrons. The van der Waals surface area contributed by atoms with Gasteiger partial charge in [-0.25, -0.2) is 22.2 Å². The molecule has 1 atom stereocenters. The molecular weight excluding hydrogens is 529 g/mol. The first-order valence-electron chi connectivity index (χ1n) is 10.6. The minimum atomic E-state index is -4.40. The molecule has 0 aliphatic carbocycles. The van der Waals surface area contributed by atoms with Crippen molar-refractivity contribution in [1.29, 1.82) is 0 Å². The van der Waals surface area contributed by atoms with Crippen LogP contribution in [0.1, 0.15) is 28.6 Å². The topological polar surface area (TPSA) is 138 Å². The van der Waals surface area contributed by atoms with Crippen molar-refractivity contribution in [3.63, 3.8) is 0 Å². The Morgan fingerprint density at radius 1 is 1.14 bits per heavy atom. The fourth-order valence-electron chi connectivity index (χ4n) is 3.81. The summed E-state index contributed by atoms with van der Waals surface area (Å²) in [6.07, 6.45) is 1.60. The third-order valence-electron chi connectivity index (χ3n) is 5.63. The van der Waals surface area contributed by atoms with Gasteiger partial charge in [0.05, 0.1) is 58.0 Å². The number of methoxy groups -OCH3 is 2. The van der Waals surface area contributed by atoms with E-state index in [4.69, 9.17) is 9.47 Å². The molecule has 4 aromatic rings. The van der Waals surface area contributed by atoms with Gasteiger partial charge in [0.1, 0.15) is 11.5 Å². The number of hydrogen-bond acceptors (Lipinski definition) is 8. The van der Waals surface area contributed by atoms with Crippen molar-refractivity contribution in [1.82, 2.24) is 13.9 Å². The predicted octanol–water partition coefficient (Wildman–Crippen LogP) is 0.425. The van der Waals surface area contributed by atoms with Crippen molar-refractivity contribution >= 4 is 37.8 Å². The molecule has 0 fully saturated rings. The maximum atomic E-state index is 13.8. The second-order valence-corrected chi connectivity index (χ2v) is 11.0. The Balaban J connectivity index is 0.00000253. The van der Waals surface area contributed by atoms with Crippen molar-refractivity contribution in [3.05, 3.63) is 71.0 Å².